The van der Waals surface area contributed by atoms with Gasteiger partial charge in [0.05, 0.1) is 6.10 Å². The molecule has 0 aromatic heterocycles. The summed E-state index contributed by atoms with van der Waals surface area (Å²) in [6, 6.07) is 0. The van der Waals surface area contributed by atoms with Gasteiger partial charge in [0.15, 0.2) is 0 Å². The topological polar surface area (TPSA) is 20.2 Å². The van der Waals surface area contributed by atoms with E-state index in [1.54, 1.807) is 0 Å². The summed E-state index contributed by atoms with van der Waals surface area (Å²) < 4.78 is 0. The second-order valence-electron chi connectivity index (χ2n) is 2.63. The van der Waals surface area contributed by atoms with E-state index in [4.69, 9.17) is 11.6 Å². The summed E-state index contributed by atoms with van der Waals surface area (Å²) in [7, 11) is 0. The summed E-state index contributed by atoms with van der Waals surface area (Å²) in [6.07, 6.45) is 5.07. The van der Waals surface area contributed by atoms with Crippen LogP contribution in [0.4, 0.5) is 0 Å². The third kappa shape index (κ3) is 6.37. The van der Waals surface area contributed by atoms with Gasteiger partial charge in [-0.1, -0.05) is 26.2 Å². The number of rotatable bonds is 6. The van der Waals surface area contributed by atoms with Gasteiger partial charge in [0.1, 0.15) is 0 Å². The largest absolute Gasteiger partial charge is 0.393 e. The van der Waals surface area contributed by atoms with Crippen molar-refractivity contribution < 1.29 is 5.11 Å². The van der Waals surface area contributed by atoms with E-state index in [0.717, 1.165) is 19.3 Å². The van der Waals surface area contributed by atoms with Gasteiger partial charge in [0.25, 0.3) is 0 Å². The molecule has 2 heteroatoms. The maximum absolute atomic E-state index is 9.19. The van der Waals surface area contributed by atoms with E-state index in [1.807, 2.05) is 0 Å². The number of unbranched alkanes of at least 4 members (excludes halogenated alkanes) is 2. The molecule has 1 N–H and O–H groups in total. The van der Waals surface area contributed by atoms with Crippen LogP contribution in [0.15, 0.2) is 0 Å². The molecule has 0 bridgehead atoms. The maximum Gasteiger partial charge on any atom is 0.0551 e. The third-order valence-corrected chi connectivity index (χ3v) is 1.80. The summed E-state index contributed by atoms with van der Waals surface area (Å²) in [6.45, 7) is 2.16. The Labute approximate surface area is 68.4 Å². The molecule has 0 aromatic carbocycles. The highest BCUT2D eigenvalue weighted by Gasteiger charge is 2.00. The standard InChI is InChI=1S/C8H17ClO/c1-2-3-4-5-8(10)6-7-9/h8,10H,2-7H2,1H3/t8-/m1/s1. The zero-order valence-corrected chi connectivity index (χ0v) is 7.40. The summed E-state index contributed by atoms with van der Waals surface area (Å²) in [5.74, 6) is 0.577. The number of aliphatic hydroxyl groups is 1. The second-order valence-corrected chi connectivity index (χ2v) is 3.01. The average molecular weight is 165 g/mol. The van der Waals surface area contributed by atoms with Crippen molar-refractivity contribution >= 4 is 11.6 Å². The Morgan fingerprint density at radius 1 is 1.30 bits per heavy atom. The molecule has 10 heavy (non-hydrogen) atoms. The number of aliphatic hydroxyl groups excluding tert-OH is 1. The minimum absolute atomic E-state index is 0.163. The predicted octanol–water partition coefficient (Wildman–Crippen LogP) is 2.56. The molecule has 1 nitrogen and oxygen atoms in total. The van der Waals surface area contributed by atoms with Gasteiger partial charge in [-0.3, -0.25) is 0 Å². The summed E-state index contributed by atoms with van der Waals surface area (Å²) >= 11 is 5.45. The van der Waals surface area contributed by atoms with E-state index >= 15 is 0 Å². The quantitative estimate of drug-likeness (QED) is 0.473. The van der Waals surface area contributed by atoms with Gasteiger partial charge in [-0.25, -0.2) is 0 Å². The Kier molecular flexibility index (Phi) is 7.54. The lowest BCUT2D eigenvalue weighted by Crippen LogP contribution is -2.06. The van der Waals surface area contributed by atoms with Crippen LogP contribution >= 0.6 is 11.6 Å². The van der Waals surface area contributed by atoms with E-state index in [2.05, 4.69) is 6.92 Å². The highest BCUT2D eigenvalue weighted by Crippen LogP contribution is 2.06. The normalized spacial score (nSPS) is 13.5. The number of halogens is 1. The van der Waals surface area contributed by atoms with Crippen LogP contribution in [-0.2, 0) is 0 Å². The smallest absolute Gasteiger partial charge is 0.0551 e. The van der Waals surface area contributed by atoms with Crippen molar-refractivity contribution in [1.29, 1.82) is 0 Å². The lowest BCUT2D eigenvalue weighted by atomic mass is 10.1. The molecule has 0 spiro atoms. The Morgan fingerprint density at radius 2 is 2.00 bits per heavy atom. The number of hydrogen-bond donors (Lipinski definition) is 1. The monoisotopic (exact) mass is 164 g/mol. The molecule has 0 rings (SSSR count). The summed E-state index contributed by atoms with van der Waals surface area (Å²) in [4.78, 5) is 0. The maximum atomic E-state index is 9.19. The van der Waals surface area contributed by atoms with Crippen molar-refractivity contribution in [3.8, 4) is 0 Å². The van der Waals surface area contributed by atoms with Gasteiger partial charge in [-0.15, -0.1) is 11.6 Å². The summed E-state index contributed by atoms with van der Waals surface area (Å²) in [5, 5.41) is 9.19. The van der Waals surface area contributed by atoms with E-state index in [-0.39, 0.29) is 6.10 Å². The van der Waals surface area contributed by atoms with E-state index in [0.29, 0.717) is 5.88 Å². The van der Waals surface area contributed by atoms with Crippen LogP contribution in [0.3, 0.4) is 0 Å². The first-order chi connectivity index (χ1) is 4.81. The van der Waals surface area contributed by atoms with Crippen molar-refractivity contribution in [3.63, 3.8) is 0 Å². The predicted molar refractivity (Wildman–Crippen MR) is 45.5 cm³/mol. The molecule has 0 heterocycles. The molecule has 0 saturated heterocycles. The van der Waals surface area contributed by atoms with Crippen LogP contribution in [0.1, 0.15) is 39.0 Å². The fourth-order valence-corrected chi connectivity index (χ4v) is 1.15. The SMILES string of the molecule is CCCCC[C@@H](O)CCCl. The summed E-state index contributed by atoms with van der Waals surface area (Å²) in [5.41, 5.74) is 0. The molecular weight excluding hydrogens is 148 g/mol. The molecule has 0 aliphatic rings. The highest BCUT2D eigenvalue weighted by atomic mass is 35.5. The van der Waals surface area contributed by atoms with Crippen LogP contribution in [0.5, 0.6) is 0 Å². The van der Waals surface area contributed by atoms with Gasteiger partial charge in [-0.2, -0.15) is 0 Å². The first kappa shape index (κ1) is 10.2. The van der Waals surface area contributed by atoms with Crippen molar-refractivity contribution in [2.45, 2.75) is 45.1 Å². The van der Waals surface area contributed by atoms with Crippen molar-refractivity contribution in [2.24, 2.45) is 0 Å². The first-order valence-corrected chi connectivity index (χ1v) is 4.58. The number of hydrogen-bond acceptors (Lipinski definition) is 1. The molecule has 0 saturated carbocycles. The Hall–Kier alpha value is 0.250. The van der Waals surface area contributed by atoms with Crippen molar-refractivity contribution in [3.05, 3.63) is 0 Å². The molecule has 62 valence electrons. The fourth-order valence-electron chi connectivity index (χ4n) is 0.900. The molecular formula is C8H17ClO. The van der Waals surface area contributed by atoms with Gasteiger partial charge in [0, 0.05) is 5.88 Å². The molecule has 0 aliphatic heterocycles. The molecule has 1 atom stereocenters. The molecule has 0 aromatic rings. The van der Waals surface area contributed by atoms with Crippen molar-refractivity contribution in [2.75, 3.05) is 5.88 Å². The van der Waals surface area contributed by atoms with Gasteiger partial charge in [0.2, 0.25) is 0 Å². The Balaban J connectivity index is 2.97. The van der Waals surface area contributed by atoms with Gasteiger partial charge < -0.3 is 5.11 Å². The van der Waals surface area contributed by atoms with Crippen LogP contribution in [0, 0.1) is 0 Å². The minimum atomic E-state index is -0.163. The van der Waals surface area contributed by atoms with Crippen LogP contribution in [0.25, 0.3) is 0 Å². The zero-order valence-electron chi connectivity index (χ0n) is 6.65. The van der Waals surface area contributed by atoms with Gasteiger partial charge >= 0.3 is 0 Å². The lowest BCUT2D eigenvalue weighted by molar-refractivity contribution is 0.157. The zero-order chi connectivity index (χ0) is 7.82. The van der Waals surface area contributed by atoms with E-state index in [9.17, 15) is 5.11 Å². The first-order valence-electron chi connectivity index (χ1n) is 4.05. The second kappa shape index (κ2) is 7.36. The Bertz CT molecular complexity index is 66.3. The third-order valence-electron chi connectivity index (χ3n) is 1.58. The van der Waals surface area contributed by atoms with E-state index < -0.39 is 0 Å². The van der Waals surface area contributed by atoms with Crippen LogP contribution < -0.4 is 0 Å². The van der Waals surface area contributed by atoms with Crippen molar-refractivity contribution in [1.82, 2.24) is 0 Å². The molecule has 0 unspecified atom stereocenters. The van der Waals surface area contributed by atoms with Crippen LogP contribution in [-0.4, -0.2) is 17.1 Å². The Morgan fingerprint density at radius 3 is 2.50 bits per heavy atom. The highest BCUT2D eigenvalue weighted by molar-refractivity contribution is 6.17. The van der Waals surface area contributed by atoms with Gasteiger partial charge in [-0.05, 0) is 12.8 Å². The molecule has 0 aliphatic carbocycles. The molecule has 0 radical (unpaired) electrons. The fraction of sp³-hybridized carbons (Fsp3) is 1.00. The molecule has 0 amide bonds. The lowest BCUT2D eigenvalue weighted by Gasteiger charge is -2.06. The average Bonchev–Trinajstić information content (AvgIpc) is 1.89. The molecule has 0 fully saturated rings. The minimum Gasteiger partial charge on any atom is -0.393 e. The van der Waals surface area contributed by atoms with E-state index in [1.165, 1.54) is 12.8 Å². The van der Waals surface area contributed by atoms with Crippen LogP contribution in [0.2, 0.25) is 0 Å². The number of alkyl halides is 1.